The SMILES string of the molecule is COC(=O)[C@@H](C/C=C/c1ccccc1)NC(=O)c1ccc(Cl)cc1. The molecule has 0 aromatic heterocycles. The minimum atomic E-state index is -0.752. The van der Waals surface area contributed by atoms with Crippen molar-refractivity contribution < 1.29 is 14.3 Å². The van der Waals surface area contributed by atoms with Gasteiger partial charge in [-0.05, 0) is 36.2 Å². The predicted molar refractivity (Wildman–Crippen MR) is 94.8 cm³/mol. The Kier molecular flexibility index (Phi) is 6.58. The Bertz CT molecular complexity index is 711. The molecule has 0 fully saturated rings. The van der Waals surface area contributed by atoms with Crippen LogP contribution in [0.4, 0.5) is 0 Å². The molecule has 0 saturated carbocycles. The van der Waals surface area contributed by atoms with E-state index in [9.17, 15) is 9.59 Å². The normalized spacial score (nSPS) is 11.9. The molecule has 2 aromatic rings. The molecule has 124 valence electrons. The van der Waals surface area contributed by atoms with Gasteiger partial charge in [0.2, 0.25) is 0 Å². The quantitative estimate of drug-likeness (QED) is 0.813. The van der Waals surface area contributed by atoms with Crippen LogP contribution in [0.25, 0.3) is 6.08 Å². The molecule has 0 radical (unpaired) electrons. The van der Waals surface area contributed by atoms with E-state index in [0.717, 1.165) is 5.56 Å². The van der Waals surface area contributed by atoms with Crippen LogP contribution in [-0.4, -0.2) is 25.0 Å². The van der Waals surface area contributed by atoms with E-state index in [1.807, 2.05) is 42.5 Å². The van der Waals surface area contributed by atoms with Gasteiger partial charge in [0, 0.05) is 10.6 Å². The number of rotatable bonds is 6. The van der Waals surface area contributed by atoms with E-state index in [-0.39, 0.29) is 5.91 Å². The van der Waals surface area contributed by atoms with Crippen LogP contribution in [0, 0.1) is 0 Å². The van der Waals surface area contributed by atoms with Crippen LogP contribution in [0.15, 0.2) is 60.7 Å². The standard InChI is InChI=1S/C19H18ClNO3/c1-24-19(23)17(9-5-8-14-6-3-2-4-7-14)21-18(22)15-10-12-16(20)13-11-15/h2-8,10-13,17H,9H2,1H3,(H,21,22)/b8-5+/t17-/m1/s1. The summed E-state index contributed by atoms with van der Waals surface area (Å²) in [6.45, 7) is 0. The van der Waals surface area contributed by atoms with Gasteiger partial charge in [-0.25, -0.2) is 4.79 Å². The van der Waals surface area contributed by atoms with E-state index >= 15 is 0 Å². The molecule has 0 aliphatic carbocycles. The molecule has 0 spiro atoms. The molecule has 2 rings (SSSR count). The maximum Gasteiger partial charge on any atom is 0.328 e. The molecule has 0 aliphatic heterocycles. The van der Waals surface area contributed by atoms with E-state index < -0.39 is 12.0 Å². The molecule has 0 bridgehead atoms. The minimum absolute atomic E-state index is 0.334. The molecule has 1 atom stereocenters. The summed E-state index contributed by atoms with van der Waals surface area (Å²) in [7, 11) is 1.30. The molecular weight excluding hydrogens is 326 g/mol. The van der Waals surface area contributed by atoms with Crippen molar-refractivity contribution in [3.8, 4) is 0 Å². The van der Waals surface area contributed by atoms with Gasteiger partial charge in [-0.15, -0.1) is 0 Å². The van der Waals surface area contributed by atoms with Crippen molar-refractivity contribution >= 4 is 29.6 Å². The van der Waals surface area contributed by atoms with Crippen molar-refractivity contribution in [1.82, 2.24) is 5.32 Å². The zero-order valence-electron chi connectivity index (χ0n) is 13.2. The van der Waals surface area contributed by atoms with E-state index in [0.29, 0.717) is 17.0 Å². The van der Waals surface area contributed by atoms with Gasteiger partial charge in [-0.1, -0.05) is 54.1 Å². The van der Waals surface area contributed by atoms with Crippen molar-refractivity contribution in [2.24, 2.45) is 0 Å². The molecule has 1 N–H and O–H groups in total. The Balaban J connectivity index is 2.02. The zero-order valence-corrected chi connectivity index (χ0v) is 14.0. The largest absolute Gasteiger partial charge is 0.467 e. The second-order valence-electron chi connectivity index (χ2n) is 5.10. The molecule has 0 heterocycles. The van der Waals surface area contributed by atoms with Crippen LogP contribution < -0.4 is 5.32 Å². The highest BCUT2D eigenvalue weighted by molar-refractivity contribution is 6.30. The first kappa shape index (κ1) is 17.8. The van der Waals surface area contributed by atoms with E-state index in [1.54, 1.807) is 24.3 Å². The molecule has 5 heteroatoms. The Morgan fingerprint density at radius 3 is 2.42 bits per heavy atom. The maximum atomic E-state index is 12.2. The van der Waals surface area contributed by atoms with Gasteiger partial charge in [-0.2, -0.15) is 0 Å². The fraction of sp³-hybridized carbons (Fsp3) is 0.158. The maximum absolute atomic E-state index is 12.2. The van der Waals surface area contributed by atoms with E-state index in [4.69, 9.17) is 16.3 Å². The summed E-state index contributed by atoms with van der Waals surface area (Å²) in [5, 5.41) is 3.23. The van der Waals surface area contributed by atoms with E-state index in [1.165, 1.54) is 7.11 Å². The van der Waals surface area contributed by atoms with Crippen LogP contribution in [0.5, 0.6) is 0 Å². The number of halogens is 1. The number of methoxy groups -OCH3 is 1. The summed E-state index contributed by atoms with van der Waals surface area (Å²) in [5.41, 5.74) is 1.45. The summed E-state index contributed by atoms with van der Waals surface area (Å²) < 4.78 is 4.76. The third kappa shape index (κ3) is 5.25. The molecule has 0 aliphatic rings. The number of carbonyl (C=O) groups excluding carboxylic acids is 2. The fourth-order valence-corrected chi connectivity index (χ4v) is 2.23. The van der Waals surface area contributed by atoms with Crippen LogP contribution in [0.3, 0.4) is 0 Å². The topological polar surface area (TPSA) is 55.4 Å². The second-order valence-corrected chi connectivity index (χ2v) is 5.54. The second kappa shape index (κ2) is 8.89. The van der Waals surface area contributed by atoms with E-state index in [2.05, 4.69) is 5.32 Å². The number of benzene rings is 2. The molecule has 0 unspecified atom stereocenters. The first-order valence-electron chi connectivity index (χ1n) is 7.46. The van der Waals surface area contributed by atoms with Crippen LogP contribution >= 0.6 is 11.6 Å². The highest BCUT2D eigenvalue weighted by atomic mass is 35.5. The lowest BCUT2D eigenvalue weighted by molar-refractivity contribution is -0.142. The average molecular weight is 344 g/mol. The van der Waals surface area contributed by atoms with Gasteiger partial charge in [-0.3, -0.25) is 4.79 Å². The molecule has 1 amide bonds. The molecule has 24 heavy (non-hydrogen) atoms. The van der Waals surface area contributed by atoms with Gasteiger partial charge >= 0.3 is 5.97 Å². The smallest absolute Gasteiger partial charge is 0.328 e. The first-order chi connectivity index (χ1) is 11.6. The number of carbonyl (C=O) groups is 2. The van der Waals surface area contributed by atoms with Crippen molar-refractivity contribution in [1.29, 1.82) is 0 Å². The highest BCUT2D eigenvalue weighted by Crippen LogP contribution is 2.10. The lowest BCUT2D eigenvalue weighted by Crippen LogP contribution is -2.41. The summed E-state index contributed by atoms with van der Waals surface area (Å²) in [5.74, 6) is -0.842. The van der Waals surface area contributed by atoms with Crippen molar-refractivity contribution in [3.63, 3.8) is 0 Å². The molecule has 0 saturated heterocycles. The number of hydrogen-bond acceptors (Lipinski definition) is 3. The Morgan fingerprint density at radius 1 is 1.12 bits per heavy atom. The van der Waals surface area contributed by atoms with Gasteiger partial charge in [0.15, 0.2) is 0 Å². The third-order valence-corrected chi connectivity index (χ3v) is 3.63. The van der Waals surface area contributed by atoms with Crippen molar-refractivity contribution in [2.45, 2.75) is 12.5 Å². The van der Waals surface area contributed by atoms with Gasteiger partial charge in [0.1, 0.15) is 6.04 Å². The number of ether oxygens (including phenoxy) is 1. The van der Waals surface area contributed by atoms with Crippen LogP contribution in [0.1, 0.15) is 22.3 Å². The van der Waals surface area contributed by atoms with Crippen molar-refractivity contribution in [2.75, 3.05) is 7.11 Å². The number of nitrogens with one attached hydrogen (secondary N) is 1. The first-order valence-corrected chi connectivity index (χ1v) is 7.84. The number of esters is 1. The summed E-state index contributed by atoms with van der Waals surface area (Å²) in [6.07, 6.45) is 4.06. The summed E-state index contributed by atoms with van der Waals surface area (Å²) in [6, 6.07) is 15.4. The lowest BCUT2D eigenvalue weighted by Gasteiger charge is -2.15. The summed E-state index contributed by atoms with van der Waals surface area (Å²) >= 11 is 5.81. The van der Waals surface area contributed by atoms with Crippen LogP contribution in [-0.2, 0) is 9.53 Å². The fourth-order valence-electron chi connectivity index (χ4n) is 2.10. The molecule has 2 aromatic carbocycles. The van der Waals surface area contributed by atoms with Gasteiger partial charge in [0.25, 0.3) is 5.91 Å². The third-order valence-electron chi connectivity index (χ3n) is 3.38. The molecular formula is C19H18ClNO3. The van der Waals surface area contributed by atoms with Crippen LogP contribution in [0.2, 0.25) is 5.02 Å². The van der Waals surface area contributed by atoms with Gasteiger partial charge in [0.05, 0.1) is 7.11 Å². The summed E-state index contributed by atoms with van der Waals surface area (Å²) in [4.78, 5) is 24.1. The van der Waals surface area contributed by atoms with Gasteiger partial charge < -0.3 is 10.1 Å². The number of amides is 1. The predicted octanol–water partition coefficient (Wildman–Crippen LogP) is 3.71. The minimum Gasteiger partial charge on any atom is -0.467 e. The monoisotopic (exact) mass is 343 g/mol. The Morgan fingerprint density at radius 2 is 1.79 bits per heavy atom. The average Bonchev–Trinajstić information content (AvgIpc) is 2.61. The zero-order chi connectivity index (χ0) is 17.4. The highest BCUT2D eigenvalue weighted by Gasteiger charge is 2.20. The number of hydrogen-bond donors (Lipinski definition) is 1. The Hall–Kier alpha value is -2.59. The molecule has 4 nitrogen and oxygen atoms in total. The van der Waals surface area contributed by atoms with Crippen molar-refractivity contribution in [3.05, 3.63) is 76.8 Å². The lowest BCUT2D eigenvalue weighted by atomic mass is 10.1. The Labute approximate surface area is 146 Å².